The summed E-state index contributed by atoms with van der Waals surface area (Å²) in [5.74, 6) is -1.38. The number of likely N-dealkylation sites (tertiary alicyclic amines) is 1. The molecule has 1 unspecified atom stereocenters. The molecule has 33 heavy (non-hydrogen) atoms. The molecule has 4 rings (SSSR count). The van der Waals surface area contributed by atoms with Gasteiger partial charge in [0.1, 0.15) is 6.61 Å². The van der Waals surface area contributed by atoms with Gasteiger partial charge in [-0.1, -0.05) is 55.5 Å². The van der Waals surface area contributed by atoms with E-state index in [2.05, 4.69) is 29.6 Å². The lowest BCUT2D eigenvalue weighted by Gasteiger charge is -2.32. The van der Waals surface area contributed by atoms with Crippen molar-refractivity contribution in [3.63, 3.8) is 0 Å². The first-order valence-corrected chi connectivity index (χ1v) is 11.6. The van der Waals surface area contributed by atoms with Crippen LogP contribution in [0.3, 0.4) is 0 Å². The number of rotatable bonds is 7. The van der Waals surface area contributed by atoms with Crippen molar-refractivity contribution in [3.8, 4) is 11.1 Å². The summed E-state index contributed by atoms with van der Waals surface area (Å²) < 4.78 is 5.53. The second kappa shape index (κ2) is 10.1. The summed E-state index contributed by atoms with van der Waals surface area (Å²) in [5, 5.41) is 11.9. The molecule has 0 radical (unpaired) electrons. The van der Waals surface area contributed by atoms with Crippen molar-refractivity contribution in [2.45, 2.75) is 32.1 Å². The lowest BCUT2D eigenvalue weighted by molar-refractivity contribution is -0.146. The number of nitrogens with zero attached hydrogens (tertiary/aromatic N) is 1. The molecule has 1 saturated heterocycles. The van der Waals surface area contributed by atoms with Crippen LogP contribution in [0.5, 0.6) is 0 Å². The van der Waals surface area contributed by atoms with E-state index < -0.39 is 12.1 Å². The smallest absolute Gasteiger partial charge is 0.407 e. The van der Waals surface area contributed by atoms with E-state index >= 15 is 0 Å². The van der Waals surface area contributed by atoms with E-state index in [0.717, 1.165) is 11.1 Å². The Hall–Kier alpha value is -3.35. The van der Waals surface area contributed by atoms with E-state index in [0.29, 0.717) is 38.9 Å². The third-order valence-electron chi connectivity index (χ3n) is 6.77. The summed E-state index contributed by atoms with van der Waals surface area (Å²) in [5.41, 5.74) is 4.69. The molecular weight excluding hydrogens is 420 g/mol. The number of benzene rings is 2. The van der Waals surface area contributed by atoms with Crippen molar-refractivity contribution in [1.29, 1.82) is 0 Å². The van der Waals surface area contributed by atoms with Crippen LogP contribution in [-0.2, 0) is 14.3 Å². The zero-order valence-corrected chi connectivity index (χ0v) is 18.8. The van der Waals surface area contributed by atoms with Crippen molar-refractivity contribution in [3.05, 3.63) is 59.7 Å². The van der Waals surface area contributed by atoms with Crippen molar-refractivity contribution in [2.75, 3.05) is 26.2 Å². The first kappa shape index (κ1) is 22.8. The molecule has 2 aromatic rings. The zero-order valence-electron chi connectivity index (χ0n) is 18.8. The lowest BCUT2D eigenvalue weighted by Crippen LogP contribution is -2.43. The van der Waals surface area contributed by atoms with Crippen molar-refractivity contribution < 1.29 is 24.2 Å². The third kappa shape index (κ3) is 5.02. The predicted molar refractivity (Wildman–Crippen MR) is 124 cm³/mol. The molecule has 2 N–H and O–H groups in total. The van der Waals surface area contributed by atoms with Gasteiger partial charge in [0.2, 0.25) is 5.91 Å². The number of hydrogen-bond donors (Lipinski definition) is 2. The normalized spacial score (nSPS) is 16.6. The Morgan fingerprint density at radius 3 is 2.18 bits per heavy atom. The molecule has 2 aromatic carbocycles. The maximum Gasteiger partial charge on any atom is 0.407 e. The van der Waals surface area contributed by atoms with E-state index in [-0.39, 0.29) is 30.3 Å². The SMILES string of the molecule is CC(CCNC(=O)OCC1c2ccccc2-c2ccccc21)C(=O)N1CCC(C(=O)O)CC1. The van der Waals surface area contributed by atoms with Crippen LogP contribution in [0.4, 0.5) is 4.79 Å². The van der Waals surface area contributed by atoms with Gasteiger partial charge in [-0.3, -0.25) is 9.59 Å². The highest BCUT2D eigenvalue weighted by atomic mass is 16.5. The van der Waals surface area contributed by atoms with Crippen molar-refractivity contribution in [1.82, 2.24) is 10.2 Å². The van der Waals surface area contributed by atoms with Crippen molar-refractivity contribution in [2.24, 2.45) is 11.8 Å². The first-order chi connectivity index (χ1) is 16.0. The number of carboxylic acid groups (broad SMARTS) is 1. The van der Waals surface area contributed by atoms with E-state index in [1.54, 1.807) is 4.90 Å². The molecule has 1 aliphatic carbocycles. The Bertz CT molecular complexity index is 983. The molecule has 1 heterocycles. The summed E-state index contributed by atoms with van der Waals surface area (Å²) in [7, 11) is 0. The largest absolute Gasteiger partial charge is 0.481 e. The molecule has 174 valence electrons. The minimum absolute atomic E-state index is 0.00757. The number of carbonyl (C=O) groups is 3. The van der Waals surface area contributed by atoms with Gasteiger partial charge in [-0.15, -0.1) is 0 Å². The van der Waals surface area contributed by atoms with Gasteiger partial charge in [0.05, 0.1) is 5.92 Å². The van der Waals surface area contributed by atoms with Crippen LogP contribution in [0.15, 0.2) is 48.5 Å². The summed E-state index contributed by atoms with van der Waals surface area (Å²) in [6, 6.07) is 16.4. The first-order valence-electron chi connectivity index (χ1n) is 11.6. The van der Waals surface area contributed by atoms with Gasteiger partial charge >= 0.3 is 12.1 Å². The number of aliphatic carboxylic acids is 1. The molecule has 0 aromatic heterocycles. The fourth-order valence-corrected chi connectivity index (χ4v) is 4.82. The summed E-state index contributed by atoms with van der Waals surface area (Å²) in [6.45, 7) is 3.38. The molecule has 7 heteroatoms. The molecule has 1 aliphatic heterocycles. The molecular formula is C26H30N2O5. The monoisotopic (exact) mass is 450 g/mol. The van der Waals surface area contributed by atoms with E-state index in [4.69, 9.17) is 9.84 Å². The van der Waals surface area contributed by atoms with Crippen LogP contribution in [0, 0.1) is 11.8 Å². The van der Waals surface area contributed by atoms with Crippen LogP contribution in [0.1, 0.15) is 43.2 Å². The van der Waals surface area contributed by atoms with Crippen LogP contribution < -0.4 is 5.32 Å². The topological polar surface area (TPSA) is 95.9 Å². The van der Waals surface area contributed by atoms with E-state index in [9.17, 15) is 14.4 Å². The van der Waals surface area contributed by atoms with Gasteiger partial charge in [0.25, 0.3) is 0 Å². The average molecular weight is 451 g/mol. The molecule has 2 aliphatic rings. The Morgan fingerprint density at radius 2 is 1.61 bits per heavy atom. The second-order valence-electron chi connectivity index (χ2n) is 8.88. The number of piperidine rings is 1. The van der Waals surface area contributed by atoms with Crippen LogP contribution in [0.25, 0.3) is 11.1 Å². The molecule has 7 nitrogen and oxygen atoms in total. The van der Waals surface area contributed by atoms with Gasteiger partial charge in [0.15, 0.2) is 0 Å². The number of fused-ring (bicyclic) bond motifs is 3. The number of nitrogens with one attached hydrogen (secondary N) is 1. The van der Waals surface area contributed by atoms with Gasteiger partial charge in [0, 0.05) is 31.5 Å². The number of amides is 2. The maximum absolute atomic E-state index is 12.6. The molecule has 0 bridgehead atoms. The fourth-order valence-electron chi connectivity index (χ4n) is 4.82. The molecule has 0 saturated carbocycles. The van der Waals surface area contributed by atoms with Gasteiger partial charge in [-0.05, 0) is 41.5 Å². The third-order valence-corrected chi connectivity index (χ3v) is 6.77. The van der Waals surface area contributed by atoms with E-state index in [1.807, 2.05) is 31.2 Å². The van der Waals surface area contributed by atoms with Crippen LogP contribution >= 0.6 is 0 Å². The quantitative estimate of drug-likeness (QED) is 0.668. The lowest BCUT2D eigenvalue weighted by atomic mass is 9.95. The average Bonchev–Trinajstić information content (AvgIpc) is 3.16. The summed E-state index contributed by atoms with van der Waals surface area (Å²) in [4.78, 5) is 37.7. The van der Waals surface area contributed by atoms with Crippen molar-refractivity contribution >= 4 is 18.0 Å². The Balaban J connectivity index is 1.22. The second-order valence-corrected chi connectivity index (χ2v) is 8.88. The maximum atomic E-state index is 12.6. The summed E-state index contributed by atoms with van der Waals surface area (Å²) in [6.07, 6.45) is 0.998. The number of carboxylic acids is 1. The standard InChI is InChI=1S/C26H30N2O5/c1-17(24(29)28-14-11-18(12-15-28)25(30)31)10-13-27-26(32)33-16-23-21-8-4-2-6-19(21)20-7-3-5-9-22(20)23/h2-9,17-18,23H,10-16H2,1H3,(H,27,32)(H,30,31). The Kier molecular flexibility index (Phi) is 6.96. The predicted octanol–water partition coefficient (Wildman–Crippen LogP) is 3.87. The Morgan fingerprint density at radius 1 is 1.03 bits per heavy atom. The number of hydrogen-bond acceptors (Lipinski definition) is 4. The van der Waals surface area contributed by atoms with Gasteiger partial charge < -0.3 is 20.1 Å². The molecule has 1 fully saturated rings. The zero-order chi connectivity index (χ0) is 23.4. The number of alkyl carbamates (subject to hydrolysis) is 1. The highest BCUT2D eigenvalue weighted by Crippen LogP contribution is 2.44. The molecule has 1 atom stereocenters. The summed E-state index contributed by atoms with van der Waals surface area (Å²) >= 11 is 0. The van der Waals surface area contributed by atoms with E-state index in [1.165, 1.54) is 11.1 Å². The highest BCUT2D eigenvalue weighted by Gasteiger charge is 2.30. The molecule has 2 amide bonds. The van der Waals surface area contributed by atoms with Crippen LogP contribution in [0.2, 0.25) is 0 Å². The minimum Gasteiger partial charge on any atom is -0.481 e. The van der Waals surface area contributed by atoms with Gasteiger partial charge in [-0.25, -0.2) is 4.79 Å². The number of ether oxygens (including phenoxy) is 1. The Labute approximate surface area is 193 Å². The highest BCUT2D eigenvalue weighted by molar-refractivity contribution is 5.80. The minimum atomic E-state index is -0.789. The van der Waals surface area contributed by atoms with Crippen LogP contribution in [-0.4, -0.2) is 54.2 Å². The molecule has 0 spiro atoms. The number of carbonyl (C=O) groups excluding carboxylic acids is 2. The van der Waals surface area contributed by atoms with Gasteiger partial charge in [-0.2, -0.15) is 0 Å². The fraction of sp³-hybridized carbons (Fsp3) is 0.423.